The number of amides is 2. The molecular formula is C19H19IN4O4. The molecule has 0 aliphatic carbocycles. The van der Waals surface area contributed by atoms with Crippen molar-refractivity contribution < 1.29 is 14.5 Å². The van der Waals surface area contributed by atoms with Crippen LogP contribution < -0.4 is 10.2 Å². The third-order valence-electron chi connectivity index (χ3n) is 4.56. The topological polar surface area (TPSA) is 95.8 Å². The zero-order chi connectivity index (χ0) is 20.1. The molecule has 9 heteroatoms. The summed E-state index contributed by atoms with van der Waals surface area (Å²) >= 11 is 2.09. The molecule has 0 saturated carbocycles. The van der Waals surface area contributed by atoms with Crippen LogP contribution in [0.3, 0.4) is 0 Å². The molecule has 0 bridgehead atoms. The van der Waals surface area contributed by atoms with Crippen LogP contribution >= 0.6 is 22.6 Å². The van der Waals surface area contributed by atoms with Crippen molar-refractivity contribution in [3.05, 3.63) is 67.8 Å². The fraction of sp³-hybridized carbons (Fsp3) is 0.263. The summed E-state index contributed by atoms with van der Waals surface area (Å²) in [7, 11) is 0. The molecule has 3 rings (SSSR count). The Labute approximate surface area is 175 Å². The van der Waals surface area contributed by atoms with Crippen LogP contribution in [0.25, 0.3) is 0 Å². The molecule has 2 aromatic carbocycles. The lowest BCUT2D eigenvalue weighted by molar-refractivity contribution is -0.384. The van der Waals surface area contributed by atoms with Gasteiger partial charge >= 0.3 is 0 Å². The monoisotopic (exact) mass is 494 g/mol. The minimum Gasteiger partial charge on any atom is -0.368 e. The molecule has 0 unspecified atom stereocenters. The molecule has 2 amide bonds. The highest BCUT2D eigenvalue weighted by atomic mass is 127. The van der Waals surface area contributed by atoms with Gasteiger partial charge in [0, 0.05) is 47.6 Å². The zero-order valence-electron chi connectivity index (χ0n) is 15.0. The summed E-state index contributed by atoms with van der Waals surface area (Å²) in [5.74, 6) is -0.411. The average molecular weight is 494 g/mol. The molecule has 8 nitrogen and oxygen atoms in total. The van der Waals surface area contributed by atoms with Crippen molar-refractivity contribution in [2.75, 3.05) is 37.6 Å². The number of nitro benzene ring substituents is 1. The maximum absolute atomic E-state index is 12.4. The molecule has 146 valence electrons. The van der Waals surface area contributed by atoms with Gasteiger partial charge in [-0.25, -0.2) is 0 Å². The van der Waals surface area contributed by atoms with E-state index in [-0.39, 0.29) is 24.0 Å². The van der Waals surface area contributed by atoms with Crippen molar-refractivity contribution in [3.8, 4) is 0 Å². The van der Waals surface area contributed by atoms with Crippen molar-refractivity contribution in [1.82, 2.24) is 10.2 Å². The van der Waals surface area contributed by atoms with Crippen molar-refractivity contribution >= 4 is 45.8 Å². The number of non-ortho nitro benzene ring substituents is 1. The number of rotatable bonds is 5. The van der Waals surface area contributed by atoms with E-state index in [1.807, 2.05) is 23.1 Å². The van der Waals surface area contributed by atoms with Gasteiger partial charge in [-0.05, 0) is 40.8 Å². The summed E-state index contributed by atoms with van der Waals surface area (Å²) < 4.78 is 0.829. The summed E-state index contributed by atoms with van der Waals surface area (Å²) in [4.78, 5) is 38.9. The van der Waals surface area contributed by atoms with Crippen LogP contribution in [0.5, 0.6) is 0 Å². The molecule has 1 fully saturated rings. The van der Waals surface area contributed by atoms with Crippen LogP contribution in [0.2, 0.25) is 0 Å². The Hall–Kier alpha value is -2.69. The molecule has 1 aliphatic rings. The lowest BCUT2D eigenvalue weighted by Gasteiger charge is -2.36. The van der Waals surface area contributed by atoms with Gasteiger partial charge in [0.2, 0.25) is 5.91 Å². The fourth-order valence-electron chi connectivity index (χ4n) is 3.03. The van der Waals surface area contributed by atoms with Crippen molar-refractivity contribution in [2.45, 2.75) is 0 Å². The number of piperazine rings is 1. The molecule has 0 aromatic heterocycles. The first-order valence-corrected chi connectivity index (χ1v) is 9.83. The zero-order valence-corrected chi connectivity index (χ0v) is 17.2. The van der Waals surface area contributed by atoms with Crippen molar-refractivity contribution in [3.63, 3.8) is 0 Å². The third kappa shape index (κ3) is 4.77. The van der Waals surface area contributed by atoms with Crippen molar-refractivity contribution in [2.24, 2.45) is 0 Å². The first-order chi connectivity index (χ1) is 13.5. The van der Waals surface area contributed by atoms with E-state index in [1.165, 1.54) is 6.07 Å². The van der Waals surface area contributed by atoms with E-state index in [9.17, 15) is 19.7 Å². The molecule has 0 radical (unpaired) electrons. The molecule has 28 heavy (non-hydrogen) atoms. The van der Waals surface area contributed by atoms with Gasteiger partial charge in [0.25, 0.3) is 11.6 Å². The van der Waals surface area contributed by atoms with Gasteiger partial charge in [-0.1, -0.05) is 18.2 Å². The van der Waals surface area contributed by atoms with E-state index in [0.29, 0.717) is 31.7 Å². The number of hydrogen-bond acceptors (Lipinski definition) is 5. The Balaban J connectivity index is 1.51. The Morgan fingerprint density at radius 3 is 2.46 bits per heavy atom. The predicted molar refractivity (Wildman–Crippen MR) is 113 cm³/mol. The van der Waals surface area contributed by atoms with Crippen LogP contribution in [0.15, 0.2) is 48.5 Å². The molecule has 1 N–H and O–H groups in total. The van der Waals surface area contributed by atoms with Crippen LogP contribution in [0.1, 0.15) is 10.4 Å². The number of anilines is 1. The minimum atomic E-state index is -0.417. The number of benzene rings is 2. The first-order valence-electron chi connectivity index (χ1n) is 8.75. The smallest absolute Gasteiger partial charge is 0.271 e. The molecule has 0 atom stereocenters. The van der Waals surface area contributed by atoms with Crippen LogP contribution in [-0.2, 0) is 4.79 Å². The fourth-order valence-corrected chi connectivity index (χ4v) is 3.66. The van der Waals surface area contributed by atoms with Crippen LogP contribution in [0, 0.1) is 13.7 Å². The highest BCUT2D eigenvalue weighted by Gasteiger charge is 2.22. The van der Waals surface area contributed by atoms with E-state index < -0.39 is 4.92 Å². The lowest BCUT2D eigenvalue weighted by atomic mass is 10.2. The van der Waals surface area contributed by atoms with Gasteiger partial charge in [-0.3, -0.25) is 19.7 Å². The van der Waals surface area contributed by atoms with Gasteiger partial charge in [0.15, 0.2) is 0 Å². The number of hydrogen-bond donors (Lipinski definition) is 1. The minimum absolute atomic E-state index is 0.0502. The van der Waals surface area contributed by atoms with Gasteiger partial charge in [0.05, 0.1) is 17.0 Å². The summed E-state index contributed by atoms with van der Waals surface area (Å²) in [5.41, 5.74) is 1.37. The van der Waals surface area contributed by atoms with E-state index in [4.69, 9.17) is 0 Å². The maximum Gasteiger partial charge on any atom is 0.271 e. The normalized spacial score (nSPS) is 13.9. The number of carbonyl (C=O) groups excluding carboxylic acids is 2. The third-order valence-corrected chi connectivity index (χ3v) is 5.50. The van der Waals surface area contributed by atoms with Gasteiger partial charge in [-0.2, -0.15) is 0 Å². The van der Waals surface area contributed by atoms with Crippen LogP contribution in [-0.4, -0.2) is 54.4 Å². The van der Waals surface area contributed by atoms with Gasteiger partial charge in [0.1, 0.15) is 0 Å². The second kappa shape index (κ2) is 9.00. The Bertz CT molecular complexity index is 897. The van der Waals surface area contributed by atoms with Crippen LogP contribution in [0.4, 0.5) is 11.4 Å². The summed E-state index contributed by atoms with van der Waals surface area (Å²) in [5, 5.41) is 13.6. The van der Waals surface area contributed by atoms with E-state index in [1.54, 1.807) is 29.2 Å². The second-order valence-corrected chi connectivity index (χ2v) is 7.47. The summed E-state index contributed by atoms with van der Waals surface area (Å²) in [6.07, 6.45) is 0. The molecule has 2 aromatic rings. The summed E-state index contributed by atoms with van der Waals surface area (Å²) in [6.45, 7) is 2.11. The number of nitrogens with zero attached hydrogens (tertiary/aromatic N) is 3. The first kappa shape index (κ1) is 20.1. The van der Waals surface area contributed by atoms with E-state index in [2.05, 4.69) is 27.9 Å². The lowest BCUT2D eigenvalue weighted by Crippen LogP contribution is -2.51. The Morgan fingerprint density at radius 1 is 1.07 bits per heavy atom. The molecule has 1 heterocycles. The standard InChI is InChI=1S/C19H19IN4O4/c20-17-7-2-1-6-16(17)19(26)21-13-18(25)23-10-8-22(9-11-23)14-4-3-5-15(12-14)24(27)28/h1-7,12H,8-11,13H2,(H,21,26). The largest absolute Gasteiger partial charge is 0.368 e. The highest BCUT2D eigenvalue weighted by Crippen LogP contribution is 2.22. The highest BCUT2D eigenvalue weighted by molar-refractivity contribution is 14.1. The second-order valence-electron chi connectivity index (χ2n) is 6.31. The number of nitro groups is 1. The van der Waals surface area contributed by atoms with Crippen molar-refractivity contribution in [1.29, 1.82) is 0 Å². The Morgan fingerprint density at radius 2 is 1.79 bits per heavy atom. The Kier molecular flexibility index (Phi) is 6.45. The SMILES string of the molecule is O=C(NCC(=O)N1CCN(c2cccc([N+](=O)[O-])c2)CC1)c1ccccc1I. The number of carbonyl (C=O) groups is 2. The molecular weight excluding hydrogens is 475 g/mol. The predicted octanol–water partition coefficient (Wildman–Crippen LogP) is 2.28. The molecule has 0 spiro atoms. The number of nitrogens with one attached hydrogen (secondary N) is 1. The van der Waals surface area contributed by atoms with E-state index in [0.717, 1.165) is 9.26 Å². The summed E-state index contributed by atoms with van der Waals surface area (Å²) in [6, 6.07) is 13.7. The average Bonchev–Trinajstić information content (AvgIpc) is 2.72. The number of halogens is 1. The molecule has 1 saturated heterocycles. The van der Waals surface area contributed by atoms with E-state index >= 15 is 0 Å². The van der Waals surface area contributed by atoms with Gasteiger partial charge in [-0.15, -0.1) is 0 Å². The van der Waals surface area contributed by atoms with Gasteiger partial charge < -0.3 is 15.1 Å². The molecule has 1 aliphatic heterocycles. The maximum atomic E-state index is 12.4. The quantitative estimate of drug-likeness (QED) is 0.391.